The molecule has 0 unspecified atom stereocenters. The van der Waals surface area contributed by atoms with Gasteiger partial charge >= 0.3 is 6.03 Å². The number of methoxy groups -OCH3 is 1. The van der Waals surface area contributed by atoms with E-state index in [4.69, 9.17) is 4.74 Å². The lowest BCUT2D eigenvalue weighted by atomic mass is 9.86. The van der Waals surface area contributed by atoms with Gasteiger partial charge in [0, 0.05) is 51.5 Å². The molecule has 3 aliphatic rings. The van der Waals surface area contributed by atoms with E-state index in [1.54, 1.807) is 7.11 Å². The molecule has 9 heteroatoms. The van der Waals surface area contributed by atoms with Crippen LogP contribution < -0.4 is 15.4 Å². The van der Waals surface area contributed by atoms with E-state index >= 15 is 0 Å². The van der Waals surface area contributed by atoms with Gasteiger partial charge in [0.05, 0.1) is 18.7 Å². The number of ether oxygens (including phenoxy) is 1. The van der Waals surface area contributed by atoms with E-state index in [0.717, 1.165) is 55.8 Å². The highest BCUT2D eigenvalue weighted by molar-refractivity contribution is 5.79. The van der Waals surface area contributed by atoms with Crippen LogP contribution in [0, 0.1) is 5.92 Å². The number of nitrogens with one attached hydrogen (secondary N) is 2. The highest BCUT2D eigenvalue weighted by atomic mass is 19.3. The standard InChI is InChI=1S/C31H40F2N4O3/c1-40-26-9-7-23(8-10-26)21-37-22-30(35-29(37)39)16-19-36(20-17-30)18-13-27(24-5-3-2-4-6-24)34-28(38)25-11-14-31(32,33)15-12-25/h2-10,25,27H,11-22H2,1H3,(H,34,38)(H,35,39)/t27-/m0/s1. The van der Waals surface area contributed by atoms with Gasteiger partial charge in [-0.15, -0.1) is 0 Å². The van der Waals surface area contributed by atoms with Crippen molar-refractivity contribution in [1.82, 2.24) is 20.4 Å². The molecule has 2 N–H and O–H groups in total. The third kappa shape index (κ3) is 6.92. The Bertz CT molecular complexity index is 1140. The Balaban J connectivity index is 1.13. The maximum atomic E-state index is 13.6. The van der Waals surface area contributed by atoms with E-state index in [2.05, 4.69) is 15.5 Å². The Morgan fingerprint density at radius 1 is 1.05 bits per heavy atom. The second kappa shape index (κ2) is 12.1. The summed E-state index contributed by atoms with van der Waals surface area (Å²) in [7, 11) is 1.64. The summed E-state index contributed by atoms with van der Waals surface area (Å²) in [6, 6.07) is 17.5. The summed E-state index contributed by atoms with van der Waals surface area (Å²) in [6.45, 7) is 3.79. The molecule has 7 nitrogen and oxygen atoms in total. The minimum absolute atomic E-state index is 0.0170. The zero-order chi connectivity index (χ0) is 28.2. The minimum Gasteiger partial charge on any atom is -0.497 e. The van der Waals surface area contributed by atoms with Gasteiger partial charge in [-0.3, -0.25) is 4.79 Å². The van der Waals surface area contributed by atoms with Crippen LogP contribution in [0.4, 0.5) is 13.6 Å². The third-order valence-corrected chi connectivity index (χ3v) is 8.84. The zero-order valence-corrected chi connectivity index (χ0v) is 23.2. The first-order valence-corrected chi connectivity index (χ1v) is 14.4. The number of urea groups is 1. The molecule has 0 radical (unpaired) electrons. The summed E-state index contributed by atoms with van der Waals surface area (Å²) >= 11 is 0. The second-order valence-corrected chi connectivity index (χ2v) is 11.6. The number of amides is 3. The summed E-state index contributed by atoms with van der Waals surface area (Å²) < 4.78 is 32.4. The molecule has 0 aromatic heterocycles. The number of hydrogen-bond acceptors (Lipinski definition) is 4. The maximum Gasteiger partial charge on any atom is 0.318 e. The largest absolute Gasteiger partial charge is 0.497 e. The fourth-order valence-corrected chi connectivity index (χ4v) is 6.26. The summed E-state index contributed by atoms with van der Waals surface area (Å²) in [5.41, 5.74) is 1.89. The molecular weight excluding hydrogens is 514 g/mol. The monoisotopic (exact) mass is 554 g/mol. The predicted octanol–water partition coefficient (Wildman–Crippen LogP) is 5.13. The fourth-order valence-electron chi connectivity index (χ4n) is 6.26. The molecule has 2 aromatic rings. The minimum atomic E-state index is -2.65. The highest BCUT2D eigenvalue weighted by Crippen LogP contribution is 2.36. The molecule has 5 rings (SSSR count). The van der Waals surface area contributed by atoms with Gasteiger partial charge in [-0.1, -0.05) is 42.5 Å². The first kappa shape index (κ1) is 28.3. The van der Waals surface area contributed by atoms with Crippen LogP contribution in [0.25, 0.3) is 0 Å². The average molecular weight is 555 g/mol. The Labute approximate surface area is 235 Å². The lowest BCUT2D eigenvalue weighted by molar-refractivity contribution is -0.130. The number of benzene rings is 2. The number of hydrogen-bond donors (Lipinski definition) is 2. The van der Waals surface area contributed by atoms with E-state index in [1.807, 2.05) is 59.5 Å². The van der Waals surface area contributed by atoms with Gasteiger partial charge in [0.1, 0.15) is 5.75 Å². The summed E-state index contributed by atoms with van der Waals surface area (Å²) in [5.74, 6) is -2.32. The average Bonchev–Trinajstić information content (AvgIpc) is 3.26. The van der Waals surface area contributed by atoms with Crippen molar-refractivity contribution in [2.75, 3.05) is 33.3 Å². The van der Waals surface area contributed by atoms with Gasteiger partial charge in [0.25, 0.3) is 0 Å². The van der Waals surface area contributed by atoms with E-state index < -0.39 is 5.92 Å². The summed E-state index contributed by atoms with van der Waals surface area (Å²) in [4.78, 5) is 30.1. The highest BCUT2D eigenvalue weighted by Gasteiger charge is 2.44. The van der Waals surface area contributed by atoms with Crippen LogP contribution in [0.2, 0.25) is 0 Å². The number of likely N-dealkylation sites (tertiary alicyclic amines) is 1. The first-order valence-electron chi connectivity index (χ1n) is 14.4. The SMILES string of the molecule is COc1ccc(CN2CC3(CCN(CC[C@H](NC(=O)C4CCC(F)(F)CC4)c4ccccc4)CC3)NC2=O)cc1. The summed E-state index contributed by atoms with van der Waals surface area (Å²) in [5, 5.41) is 6.45. The van der Waals surface area contributed by atoms with Crippen LogP contribution in [-0.2, 0) is 11.3 Å². The molecule has 3 fully saturated rings. The molecule has 3 amide bonds. The van der Waals surface area contributed by atoms with Crippen LogP contribution in [0.3, 0.4) is 0 Å². The Hall–Kier alpha value is -3.20. The van der Waals surface area contributed by atoms with E-state index in [-0.39, 0.29) is 55.1 Å². The van der Waals surface area contributed by atoms with Crippen LogP contribution in [-0.4, -0.2) is 66.5 Å². The number of piperidine rings is 1. The normalized spacial score (nSPS) is 21.7. The smallest absolute Gasteiger partial charge is 0.318 e. The van der Waals surface area contributed by atoms with Crippen molar-refractivity contribution in [2.24, 2.45) is 5.92 Å². The van der Waals surface area contributed by atoms with Crippen LogP contribution in [0.1, 0.15) is 62.1 Å². The van der Waals surface area contributed by atoms with Crippen LogP contribution in [0.5, 0.6) is 5.75 Å². The van der Waals surface area contributed by atoms with Crippen molar-refractivity contribution in [1.29, 1.82) is 0 Å². The number of halogens is 2. The van der Waals surface area contributed by atoms with Crippen LogP contribution >= 0.6 is 0 Å². The van der Waals surface area contributed by atoms with Crippen molar-refractivity contribution in [2.45, 2.75) is 69.0 Å². The van der Waals surface area contributed by atoms with Crippen molar-refractivity contribution < 1.29 is 23.1 Å². The van der Waals surface area contributed by atoms with Crippen molar-refractivity contribution >= 4 is 11.9 Å². The quantitative estimate of drug-likeness (QED) is 0.451. The first-order chi connectivity index (χ1) is 19.2. The van der Waals surface area contributed by atoms with Gasteiger partial charge in [-0.05, 0) is 55.4 Å². The van der Waals surface area contributed by atoms with Gasteiger partial charge < -0.3 is 25.2 Å². The van der Waals surface area contributed by atoms with Crippen molar-refractivity contribution in [3.63, 3.8) is 0 Å². The number of carbonyl (C=O) groups is 2. The molecule has 2 heterocycles. The second-order valence-electron chi connectivity index (χ2n) is 11.6. The van der Waals surface area contributed by atoms with Gasteiger partial charge in [-0.25, -0.2) is 13.6 Å². The van der Waals surface area contributed by atoms with E-state index in [9.17, 15) is 18.4 Å². The summed E-state index contributed by atoms with van der Waals surface area (Å²) in [6.07, 6.45) is 2.51. The Morgan fingerprint density at radius 2 is 1.73 bits per heavy atom. The molecule has 2 saturated heterocycles. The number of carbonyl (C=O) groups excluding carboxylic acids is 2. The number of rotatable bonds is 9. The third-order valence-electron chi connectivity index (χ3n) is 8.84. The van der Waals surface area contributed by atoms with Gasteiger partial charge in [0.2, 0.25) is 11.8 Å². The lowest BCUT2D eigenvalue weighted by Crippen LogP contribution is -2.52. The molecule has 1 spiro atoms. The predicted molar refractivity (Wildman–Crippen MR) is 149 cm³/mol. The van der Waals surface area contributed by atoms with Crippen molar-refractivity contribution in [3.8, 4) is 5.75 Å². The molecule has 1 atom stereocenters. The molecule has 1 aliphatic carbocycles. The van der Waals surface area contributed by atoms with E-state index in [0.29, 0.717) is 13.1 Å². The molecule has 40 heavy (non-hydrogen) atoms. The van der Waals surface area contributed by atoms with E-state index in [1.165, 1.54) is 0 Å². The molecule has 2 aromatic carbocycles. The van der Waals surface area contributed by atoms with Crippen molar-refractivity contribution in [3.05, 3.63) is 65.7 Å². The molecule has 1 saturated carbocycles. The topological polar surface area (TPSA) is 73.9 Å². The van der Waals surface area contributed by atoms with Gasteiger partial charge in [0.15, 0.2) is 0 Å². The Kier molecular flexibility index (Phi) is 8.59. The fraction of sp³-hybridized carbons (Fsp3) is 0.548. The maximum absolute atomic E-state index is 13.6. The van der Waals surface area contributed by atoms with Gasteiger partial charge in [-0.2, -0.15) is 0 Å². The number of alkyl halides is 2. The molecular formula is C31H40F2N4O3. The zero-order valence-electron chi connectivity index (χ0n) is 23.2. The number of nitrogens with zero attached hydrogens (tertiary/aromatic N) is 2. The van der Waals surface area contributed by atoms with Crippen LogP contribution in [0.15, 0.2) is 54.6 Å². The Morgan fingerprint density at radius 3 is 2.38 bits per heavy atom. The molecule has 0 bridgehead atoms. The molecule has 216 valence electrons. The molecule has 2 aliphatic heterocycles. The lowest BCUT2D eigenvalue weighted by Gasteiger charge is -2.39.